The van der Waals surface area contributed by atoms with Crippen molar-refractivity contribution in [2.45, 2.75) is 78.0 Å². The fourth-order valence-corrected chi connectivity index (χ4v) is 4.79. The number of hydrogen-bond acceptors (Lipinski definition) is 4. The summed E-state index contributed by atoms with van der Waals surface area (Å²) in [4.78, 5) is 12.3. The second kappa shape index (κ2) is 9.13. The molecule has 0 amide bonds. The molecule has 30 heavy (non-hydrogen) atoms. The Hall–Kier alpha value is -2.46. The van der Waals surface area contributed by atoms with Crippen molar-refractivity contribution in [1.82, 2.24) is 14.9 Å². The number of para-hydroxylation sites is 1. The summed E-state index contributed by atoms with van der Waals surface area (Å²) in [5.74, 6) is 0. The van der Waals surface area contributed by atoms with Crippen LogP contribution in [0.1, 0.15) is 56.6 Å². The van der Waals surface area contributed by atoms with Crippen molar-refractivity contribution >= 4 is 16.6 Å². The van der Waals surface area contributed by atoms with Gasteiger partial charge in [0.15, 0.2) is 0 Å². The molecule has 1 aromatic carbocycles. The number of rotatable bonds is 6. The molecule has 3 aromatic rings. The molecule has 1 saturated carbocycles. The summed E-state index contributed by atoms with van der Waals surface area (Å²) in [7, 11) is 0. The third-order valence-electron chi connectivity index (χ3n) is 6.31. The van der Waals surface area contributed by atoms with Crippen molar-refractivity contribution in [3.8, 4) is 0 Å². The lowest BCUT2D eigenvalue weighted by molar-refractivity contribution is 0.101. The number of aryl methyl sites for hydroxylation is 2. The minimum atomic E-state index is 0.416. The molecule has 2 heterocycles. The lowest BCUT2D eigenvalue weighted by Crippen LogP contribution is -2.51. The molecular weight excluding hydrogens is 368 g/mol. The van der Waals surface area contributed by atoms with Gasteiger partial charge >= 0.3 is 0 Å². The minimum absolute atomic E-state index is 0.416. The number of fused-ring (bicyclic) bond motifs is 1. The van der Waals surface area contributed by atoms with Gasteiger partial charge in [-0.3, -0.25) is 14.9 Å². The van der Waals surface area contributed by atoms with E-state index in [1.54, 1.807) is 0 Å². The maximum Gasteiger partial charge on any atom is 0.0936 e. The van der Waals surface area contributed by atoms with E-state index in [-0.39, 0.29) is 0 Å². The summed E-state index contributed by atoms with van der Waals surface area (Å²) in [6.45, 7) is 9.66. The van der Waals surface area contributed by atoms with E-state index in [0.29, 0.717) is 18.1 Å². The Morgan fingerprint density at radius 2 is 1.70 bits per heavy atom. The molecule has 4 rings (SSSR count). The van der Waals surface area contributed by atoms with Gasteiger partial charge in [0.2, 0.25) is 0 Å². The lowest BCUT2D eigenvalue weighted by atomic mass is 9.88. The van der Waals surface area contributed by atoms with Gasteiger partial charge in [0.1, 0.15) is 0 Å². The second-order valence-electron chi connectivity index (χ2n) is 8.97. The highest BCUT2D eigenvalue weighted by Crippen LogP contribution is 2.31. The number of anilines is 1. The van der Waals surface area contributed by atoms with Gasteiger partial charge in [0.25, 0.3) is 0 Å². The van der Waals surface area contributed by atoms with Gasteiger partial charge in [-0.25, -0.2) is 0 Å². The quantitative estimate of drug-likeness (QED) is 0.559. The summed E-state index contributed by atoms with van der Waals surface area (Å²) in [5.41, 5.74) is 5.55. The highest BCUT2D eigenvalue weighted by atomic mass is 15.2. The average molecular weight is 403 g/mol. The van der Waals surface area contributed by atoms with Gasteiger partial charge in [-0.15, -0.1) is 0 Å². The maximum atomic E-state index is 4.84. The molecule has 2 aromatic heterocycles. The van der Waals surface area contributed by atoms with Crippen molar-refractivity contribution in [2.24, 2.45) is 0 Å². The van der Waals surface area contributed by atoms with E-state index in [9.17, 15) is 0 Å². The van der Waals surface area contributed by atoms with Gasteiger partial charge < -0.3 is 5.32 Å². The first-order valence-electron chi connectivity index (χ1n) is 11.3. The Bertz CT molecular complexity index is 997. The first-order chi connectivity index (χ1) is 14.5. The summed E-state index contributed by atoms with van der Waals surface area (Å²) < 4.78 is 0. The highest BCUT2D eigenvalue weighted by Gasteiger charge is 2.32. The molecule has 0 saturated heterocycles. The normalized spacial score (nSPS) is 19.5. The Morgan fingerprint density at radius 1 is 0.933 bits per heavy atom. The summed E-state index contributed by atoms with van der Waals surface area (Å²) >= 11 is 0. The molecule has 1 fully saturated rings. The van der Waals surface area contributed by atoms with Gasteiger partial charge in [0, 0.05) is 41.4 Å². The van der Waals surface area contributed by atoms with Gasteiger partial charge in [0.05, 0.1) is 16.9 Å². The van der Waals surface area contributed by atoms with Crippen LogP contribution in [-0.4, -0.2) is 33.0 Å². The Morgan fingerprint density at radius 3 is 2.50 bits per heavy atom. The SMILES string of the molecule is Cc1cccc(CN(C(C)C)[C@H]2CCCC[C@@H]2Nc2cccc3ccc(C)nc23)n1. The van der Waals surface area contributed by atoms with E-state index in [2.05, 4.69) is 86.4 Å². The monoisotopic (exact) mass is 402 g/mol. The maximum absolute atomic E-state index is 4.84. The number of hydrogen-bond donors (Lipinski definition) is 1. The van der Waals surface area contributed by atoms with E-state index in [0.717, 1.165) is 34.8 Å². The molecule has 1 N–H and O–H groups in total. The molecule has 0 radical (unpaired) electrons. The second-order valence-corrected chi connectivity index (χ2v) is 8.97. The topological polar surface area (TPSA) is 41.0 Å². The Kier molecular flexibility index (Phi) is 6.33. The molecule has 0 spiro atoms. The molecule has 0 bridgehead atoms. The smallest absolute Gasteiger partial charge is 0.0936 e. The number of pyridine rings is 2. The zero-order valence-corrected chi connectivity index (χ0v) is 18.7. The van der Waals surface area contributed by atoms with Gasteiger partial charge in [-0.05, 0) is 64.8 Å². The van der Waals surface area contributed by atoms with Crippen LogP contribution in [-0.2, 0) is 6.54 Å². The van der Waals surface area contributed by atoms with Crippen molar-refractivity contribution in [3.05, 3.63) is 65.6 Å². The Labute approximate surface area is 180 Å². The van der Waals surface area contributed by atoms with Crippen LogP contribution in [0.4, 0.5) is 5.69 Å². The highest BCUT2D eigenvalue weighted by molar-refractivity contribution is 5.90. The first kappa shape index (κ1) is 20.8. The van der Waals surface area contributed by atoms with Crippen molar-refractivity contribution in [2.75, 3.05) is 5.32 Å². The van der Waals surface area contributed by atoms with E-state index >= 15 is 0 Å². The van der Waals surface area contributed by atoms with E-state index in [4.69, 9.17) is 9.97 Å². The fraction of sp³-hybridized carbons (Fsp3) is 0.462. The van der Waals surface area contributed by atoms with Crippen molar-refractivity contribution in [3.63, 3.8) is 0 Å². The van der Waals surface area contributed by atoms with E-state index in [1.807, 2.05) is 0 Å². The third-order valence-corrected chi connectivity index (χ3v) is 6.31. The van der Waals surface area contributed by atoms with Crippen LogP contribution >= 0.6 is 0 Å². The largest absolute Gasteiger partial charge is 0.379 e. The van der Waals surface area contributed by atoms with Crippen molar-refractivity contribution in [1.29, 1.82) is 0 Å². The van der Waals surface area contributed by atoms with Crippen LogP contribution in [0.5, 0.6) is 0 Å². The summed E-state index contributed by atoms with van der Waals surface area (Å²) in [6, 6.07) is 18.4. The zero-order valence-electron chi connectivity index (χ0n) is 18.7. The molecule has 158 valence electrons. The molecule has 0 aliphatic heterocycles. The lowest BCUT2D eigenvalue weighted by Gasteiger charge is -2.43. The van der Waals surface area contributed by atoms with Crippen LogP contribution < -0.4 is 5.32 Å². The zero-order chi connectivity index (χ0) is 21.1. The van der Waals surface area contributed by atoms with Crippen molar-refractivity contribution < 1.29 is 0 Å². The number of aromatic nitrogens is 2. The summed E-state index contributed by atoms with van der Waals surface area (Å²) in [6.07, 6.45) is 4.98. The van der Waals surface area contributed by atoms with E-state index < -0.39 is 0 Å². The van der Waals surface area contributed by atoms with Crippen LogP contribution in [0, 0.1) is 13.8 Å². The standard InChI is InChI=1S/C26H34N4/c1-18(2)30(17-22-11-7-9-19(3)27-22)25-14-6-5-12-23(25)29-24-13-8-10-21-16-15-20(4)28-26(21)24/h7-11,13,15-16,18,23,25,29H,5-6,12,14,17H2,1-4H3/t23-,25-/m0/s1. The van der Waals surface area contributed by atoms with Crippen LogP contribution in [0.3, 0.4) is 0 Å². The van der Waals surface area contributed by atoms with Gasteiger partial charge in [-0.2, -0.15) is 0 Å². The Balaban J connectivity index is 1.61. The molecule has 2 atom stereocenters. The number of benzene rings is 1. The minimum Gasteiger partial charge on any atom is -0.379 e. The average Bonchev–Trinajstić information content (AvgIpc) is 2.73. The number of nitrogens with zero attached hydrogens (tertiary/aromatic N) is 3. The van der Waals surface area contributed by atoms with Crippen LogP contribution in [0.2, 0.25) is 0 Å². The van der Waals surface area contributed by atoms with Gasteiger partial charge in [-0.1, -0.05) is 37.1 Å². The predicted octanol–water partition coefficient (Wildman–Crippen LogP) is 5.88. The predicted molar refractivity (Wildman–Crippen MR) is 126 cm³/mol. The molecule has 4 nitrogen and oxygen atoms in total. The molecule has 4 heteroatoms. The summed E-state index contributed by atoms with van der Waals surface area (Å²) in [5, 5.41) is 5.11. The molecular formula is C26H34N4. The van der Waals surface area contributed by atoms with Crippen LogP contribution in [0.15, 0.2) is 48.5 Å². The van der Waals surface area contributed by atoms with Crippen LogP contribution in [0.25, 0.3) is 10.9 Å². The van der Waals surface area contributed by atoms with E-state index in [1.165, 1.54) is 31.1 Å². The fourth-order valence-electron chi connectivity index (χ4n) is 4.79. The third kappa shape index (κ3) is 4.65. The number of nitrogens with one attached hydrogen (secondary N) is 1. The molecule has 1 aliphatic rings. The molecule has 0 unspecified atom stereocenters. The first-order valence-corrected chi connectivity index (χ1v) is 11.3. The molecule has 1 aliphatic carbocycles.